The molecular weight excluding hydrogens is 630 g/mol. The number of hydrogen-bond donors (Lipinski definition) is 3. The fraction of sp³-hybridized carbons (Fsp3) is 0.341. The number of nitrogens with one attached hydrogen (secondary N) is 2. The molecule has 0 bridgehead atoms. The molecule has 3 amide bonds. The molecule has 260 valence electrons. The Morgan fingerprint density at radius 3 is 2.08 bits per heavy atom. The lowest BCUT2D eigenvalue weighted by molar-refractivity contribution is -0.134. The number of carbonyl (C=O) groups is 3. The third-order valence-corrected chi connectivity index (χ3v) is 9.44. The second kappa shape index (κ2) is 14.3. The maximum absolute atomic E-state index is 14.2. The van der Waals surface area contributed by atoms with Crippen LogP contribution in [0.5, 0.6) is 5.75 Å². The molecule has 9 heteroatoms. The summed E-state index contributed by atoms with van der Waals surface area (Å²) in [4.78, 5) is 42.3. The Morgan fingerprint density at radius 1 is 0.880 bits per heavy atom. The van der Waals surface area contributed by atoms with Gasteiger partial charge in [-0.05, 0) is 103 Å². The summed E-state index contributed by atoms with van der Waals surface area (Å²) in [6.07, 6.45) is -0.556. The van der Waals surface area contributed by atoms with Crippen LogP contribution in [0.25, 0.3) is 11.1 Å². The van der Waals surface area contributed by atoms with Gasteiger partial charge in [0.15, 0.2) is 0 Å². The highest BCUT2D eigenvalue weighted by atomic mass is 16.6. The minimum atomic E-state index is -0.860. The van der Waals surface area contributed by atoms with E-state index >= 15 is 0 Å². The standard InChI is InChI=1S/C41H45N3O6/c1-25-18-30(45)19-26(2)35(25)21-29(42-39(47)49-24-36-33-16-10-8-14-31(33)32-15-9-11-17-34(32)36)23-44-22-28-13-7-6-12-27(28)20-37(38(44)46)43-40(48)50-41(3,4)5/h6-19,29,36-37,45H,20-24H2,1-5H3,(H,42,47)(H,43,48)/t29-,37-/m1/s1. The number of amides is 3. The van der Waals surface area contributed by atoms with Crippen molar-refractivity contribution < 1.29 is 29.0 Å². The highest BCUT2D eigenvalue weighted by Crippen LogP contribution is 2.44. The Hall–Kier alpha value is -5.31. The van der Waals surface area contributed by atoms with Crippen molar-refractivity contribution in [2.24, 2.45) is 0 Å². The van der Waals surface area contributed by atoms with Crippen molar-refractivity contribution in [2.75, 3.05) is 13.2 Å². The molecule has 0 aromatic heterocycles. The van der Waals surface area contributed by atoms with Crippen LogP contribution < -0.4 is 10.6 Å². The van der Waals surface area contributed by atoms with E-state index in [9.17, 15) is 19.5 Å². The van der Waals surface area contributed by atoms with E-state index in [0.717, 1.165) is 50.1 Å². The van der Waals surface area contributed by atoms with Crippen LogP contribution in [0, 0.1) is 13.8 Å². The van der Waals surface area contributed by atoms with Crippen molar-refractivity contribution in [2.45, 2.75) is 77.6 Å². The minimum Gasteiger partial charge on any atom is -0.508 e. The number of nitrogens with zero attached hydrogens (tertiary/aromatic N) is 1. The SMILES string of the molecule is Cc1cc(O)cc(C)c1C[C@H](CN1Cc2ccccc2C[C@@H](NC(=O)OC(C)(C)C)C1=O)NC(=O)OCC1c2ccccc2-c2ccccc21. The van der Waals surface area contributed by atoms with Gasteiger partial charge < -0.3 is 30.1 Å². The van der Waals surface area contributed by atoms with Crippen LogP contribution in [0.2, 0.25) is 0 Å². The number of rotatable bonds is 8. The van der Waals surface area contributed by atoms with Crippen LogP contribution in [-0.4, -0.2) is 58.9 Å². The van der Waals surface area contributed by atoms with Crippen molar-refractivity contribution >= 4 is 18.1 Å². The Morgan fingerprint density at radius 2 is 1.46 bits per heavy atom. The zero-order valence-corrected chi connectivity index (χ0v) is 29.3. The summed E-state index contributed by atoms with van der Waals surface area (Å²) in [6.45, 7) is 9.77. The number of ether oxygens (including phenoxy) is 2. The predicted octanol–water partition coefficient (Wildman–Crippen LogP) is 6.94. The van der Waals surface area contributed by atoms with Crippen LogP contribution in [0.15, 0.2) is 84.9 Å². The van der Waals surface area contributed by atoms with E-state index in [4.69, 9.17) is 9.47 Å². The van der Waals surface area contributed by atoms with Gasteiger partial charge in [-0.2, -0.15) is 0 Å². The molecule has 4 aromatic carbocycles. The zero-order valence-electron chi connectivity index (χ0n) is 29.3. The first kappa shape index (κ1) is 34.5. The van der Waals surface area contributed by atoms with Crippen LogP contribution in [0.4, 0.5) is 9.59 Å². The number of aromatic hydroxyl groups is 1. The maximum Gasteiger partial charge on any atom is 0.408 e. The fourth-order valence-electron chi connectivity index (χ4n) is 7.21. The molecular formula is C41H45N3O6. The van der Waals surface area contributed by atoms with Gasteiger partial charge in [0.25, 0.3) is 0 Å². The number of aryl methyl sites for hydroxylation is 2. The molecule has 6 rings (SSSR count). The van der Waals surface area contributed by atoms with Crippen LogP contribution in [0.1, 0.15) is 65.6 Å². The molecule has 3 N–H and O–H groups in total. The van der Waals surface area contributed by atoms with E-state index in [0.29, 0.717) is 19.4 Å². The number of fused-ring (bicyclic) bond motifs is 4. The van der Waals surface area contributed by atoms with E-state index in [-0.39, 0.29) is 30.7 Å². The van der Waals surface area contributed by atoms with Crippen molar-refractivity contribution in [1.29, 1.82) is 0 Å². The maximum atomic E-state index is 14.2. The molecule has 4 aromatic rings. The van der Waals surface area contributed by atoms with E-state index in [2.05, 4.69) is 34.9 Å². The van der Waals surface area contributed by atoms with Gasteiger partial charge in [0.2, 0.25) is 5.91 Å². The molecule has 0 saturated heterocycles. The average molecular weight is 676 g/mol. The Bertz CT molecular complexity index is 1850. The molecule has 1 aliphatic carbocycles. The molecule has 0 unspecified atom stereocenters. The first-order chi connectivity index (χ1) is 23.9. The van der Waals surface area contributed by atoms with Gasteiger partial charge in [0.05, 0.1) is 6.04 Å². The number of phenols is 1. The second-order valence-corrected chi connectivity index (χ2v) is 14.3. The van der Waals surface area contributed by atoms with Gasteiger partial charge >= 0.3 is 12.2 Å². The number of alkyl carbamates (subject to hydrolysis) is 2. The van der Waals surface area contributed by atoms with Crippen LogP contribution >= 0.6 is 0 Å². The summed E-state index contributed by atoms with van der Waals surface area (Å²) in [5.41, 5.74) is 8.41. The van der Waals surface area contributed by atoms with Crippen molar-refractivity contribution in [3.63, 3.8) is 0 Å². The number of carbonyl (C=O) groups excluding carboxylic acids is 3. The van der Waals surface area contributed by atoms with Gasteiger partial charge in [-0.1, -0.05) is 72.8 Å². The number of phenolic OH excluding ortho intramolecular Hbond substituents is 1. The number of hydrogen-bond acceptors (Lipinski definition) is 6. The monoisotopic (exact) mass is 675 g/mol. The summed E-state index contributed by atoms with van der Waals surface area (Å²) in [5, 5.41) is 16.1. The van der Waals surface area contributed by atoms with E-state index < -0.39 is 29.9 Å². The summed E-state index contributed by atoms with van der Waals surface area (Å²) < 4.78 is 11.4. The second-order valence-electron chi connectivity index (χ2n) is 14.3. The van der Waals surface area contributed by atoms with Crippen molar-refractivity contribution in [3.05, 3.63) is 124 Å². The molecule has 9 nitrogen and oxygen atoms in total. The van der Waals surface area contributed by atoms with Gasteiger partial charge in [-0.3, -0.25) is 4.79 Å². The highest BCUT2D eigenvalue weighted by molar-refractivity contribution is 5.87. The first-order valence-electron chi connectivity index (χ1n) is 17.1. The van der Waals surface area contributed by atoms with Gasteiger partial charge in [0, 0.05) is 25.4 Å². The van der Waals surface area contributed by atoms with Gasteiger partial charge in [-0.15, -0.1) is 0 Å². The third-order valence-electron chi connectivity index (χ3n) is 9.44. The molecule has 0 saturated carbocycles. The van der Waals surface area contributed by atoms with Gasteiger partial charge in [-0.25, -0.2) is 9.59 Å². The lowest BCUT2D eigenvalue weighted by Gasteiger charge is -2.30. The van der Waals surface area contributed by atoms with E-state index in [1.807, 2.05) is 62.4 Å². The lowest BCUT2D eigenvalue weighted by Crippen LogP contribution is -2.53. The quantitative estimate of drug-likeness (QED) is 0.186. The van der Waals surface area contributed by atoms with Gasteiger partial charge in [0.1, 0.15) is 24.0 Å². The summed E-state index contributed by atoms with van der Waals surface area (Å²) >= 11 is 0. The summed E-state index contributed by atoms with van der Waals surface area (Å²) in [5.74, 6) is -0.206. The molecule has 0 fully saturated rings. The minimum absolute atomic E-state index is 0.100. The van der Waals surface area contributed by atoms with E-state index in [1.54, 1.807) is 37.8 Å². The Balaban J connectivity index is 1.25. The Labute approximate surface area is 293 Å². The molecule has 1 aliphatic heterocycles. The molecule has 1 heterocycles. The zero-order chi connectivity index (χ0) is 35.6. The van der Waals surface area contributed by atoms with Crippen LogP contribution in [-0.2, 0) is 33.7 Å². The van der Waals surface area contributed by atoms with Crippen molar-refractivity contribution in [1.82, 2.24) is 15.5 Å². The van der Waals surface area contributed by atoms with E-state index in [1.165, 1.54) is 0 Å². The first-order valence-corrected chi connectivity index (χ1v) is 17.1. The average Bonchev–Trinajstić information content (AvgIpc) is 3.31. The normalized spacial score (nSPS) is 16.1. The summed E-state index contributed by atoms with van der Waals surface area (Å²) in [6, 6.07) is 26.1. The lowest BCUT2D eigenvalue weighted by atomic mass is 9.95. The molecule has 0 spiro atoms. The number of benzene rings is 4. The highest BCUT2D eigenvalue weighted by Gasteiger charge is 2.34. The molecule has 0 radical (unpaired) electrons. The Kier molecular flexibility index (Phi) is 9.86. The smallest absolute Gasteiger partial charge is 0.408 e. The van der Waals surface area contributed by atoms with Crippen molar-refractivity contribution in [3.8, 4) is 16.9 Å². The topological polar surface area (TPSA) is 117 Å². The largest absolute Gasteiger partial charge is 0.508 e. The van der Waals surface area contributed by atoms with Crippen LogP contribution in [0.3, 0.4) is 0 Å². The third kappa shape index (κ3) is 7.77. The summed E-state index contributed by atoms with van der Waals surface area (Å²) in [7, 11) is 0. The predicted molar refractivity (Wildman–Crippen MR) is 192 cm³/mol. The fourth-order valence-corrected chi connectivity index (χ4v) is 7.21. The molecule has 50 heavy (non-hydrogen) atoms. The molecule has 2 aliphatic rings. The molecule has 2 atom stereocenters.